The first-order chi connectivity index (χ1) is 18.2. The number of aromatic nitrogens is 1. The molecule has 4 rings (SSSR count). The van der Waals surface area contributed by atoms with Gasteiger partial charge in [-0.3, -0.25) is 9.69 Å². The lowest BCUT2D eigenvalue weighted by molar-refractivity contribution is 0.0325. The van der Waals surface area contributed by atoms with Gasteiger partial charge in [0.05, 0.1) is 18.2 Å². The SMILES string of the molecule is Cc1ccc(-c2cnc3c(c2)C(=O)N([C@H](C)CO)C[C@@H](C)[C@@H](CN(C)Cc2ccccc2C(=O)O)O3)cc1. The standard InChI is InChI=1S/C30H35N3O5/c1-19-9-11-22(12-10-19)24-13-26-28(31-14-24)38-27(20(2)15-33(29(26)35)21(3)18-34)17-32(4)16-23-7-5-6-8-25(23)30(36)37/h5-14,20-21,27,34H,15-18H2,1-4H3,(H,36,37)/t20-,21-,27-/m1/s1. The van der Waals surface area contributed by atoms with Crippen molar-refractivity contribution in [3.05, 3.63) is 83.0 Å². The number of carboxylic acid groups (broad SMARTS) is 1. The van der Waals surface area contributed by atoms with Crippen LogP contribution in [0.15, 0.2) is 60.8 Å². The van der Waals surface area contributed by atoms with E-state index in [1.807, 2.05) is 75.2 Å². The summed E-state index contributed by atoms with van der Waals surface area (Å²) in [7, 11) is 1.92. The van der Waals surface area contributed by atoms with E-state index in [1.54, 1.807) is 23.2 Å². The van der Waals surface area contributed by atoms with E-state index in [0.29, 0.717) is 30.8 Å². The molecule has 8 nitrogen and oxygen atoms in total. The van der Waals surface area contributed by atoms with Crippen molar-refractivity contribution in [2.75, 3.05) is 26.7 Å². The minimum atomic E-state index is -0.959. The summed E-state index contributed by atoms with van der Waals surface area (Å²) in [5.74, 6) is -0.995. The van der Waals surface area contributed by atoms with Crippen molar-refractivity contribution in [3.63, 3.8) is 0 Å². The molecule has 0 aliphatic carbocycles. The number of hydrogen-bond acceptors (Lipinski definition) is 6. The quantitative estimate of drug-likeness (QED) is 0.464. The molecule has 38 heavy (non-hydrogen) atoms. The molecule has 3 aromatic rings. The summed E-state index contributed by atoms with van der Waals surface area (Å²) in [6.07, 6.45) is 1.39. The van der Waals surface area contributed by atoms with E-state index in [1.165, 1.54) is 0 Å². The number of ether oxygens (including phenoxy) is 1. The lowest BCUT2D eigenvalue weighted by Crippen LogP contribution is -2.49. The van der Waals surface area contributed by atoms with Crippen LogP contribution in [0.3, 0.4) is 0 Å². The van der Waals surface area contributed by atoms with E-state index in [4.69, 9.17) is 4.74 Å². The molecule has 200 valence electrons. The van der Waals surface area contributed by atoms with Crippen LogP contribution in [0, 0.1) is 12.8 Å². The average Bonchev–Trinajstić information content (AvgIpc) is 2.90. The van der Waals surface area contributed by atoms with E-state index in [0.717, 1.165) is 16.7 Å². The van der Waals surface area contributed by atoms with E-state index >= 15 is 0 Å². The molecule has 1 amide bonds. The highest BCUT2D eigenvalue weighted by molar-refractivity contribution is 5.98. The van der Waals surface area contributed by atoms with Crippen molar-refractivity contribution in [3.8, 4) is 17.0 Å². The molecule has 0 fully saturated rings. The van der Waals surface area contributed by atoms with Crippen LogP contribution in [0.5, 0.6) is 5.88 Å². The minimum Gasteiger partial charge on any atom is -0.478 e. The molecule has 0 bridgehead atoms. The van der Waals surface area contributed by atoms with Crippen LogP contribution in [0.25, 0.3) is 11.1 Å². The van der Waals surface area contributed by atoms with Crippen molar-refractivity contribution in [2.45, 2.75) is 39.5 Å². The Morgan fingerprint density at radius 1 is 1.18 bits per heavy atom. The van der Waals surface area contributed by atoms with Crippen LogP contribution in [-0.4, -0.2) is 75.8 Å². The Morgan fingerprint density at radius 3 is 2.58 bits per heavy atom. The number of carbonyl (C=O) groups excluding carboxylic acids is 1. The first-order valence-electron chi connectivity index (χ1n) is 12.8. The van der Waals surface area contributed by atoms with Crippen molar-refractivity contribution in [1.29, 1.82) is 0 Å². The molecule has 0 radical (unpaired) electrons. The van der Waals surface area contributed by atoms with Crippen LogP contribution in [0.1, 0.15) is 45.7 Å². The van der Waals surface area contributed by atoms with Crippen LogP contribution >= 0.6 is 0 Å². The second-order valence-corrected chi connectivity index (χ2v) is 10.2. The average molecular weight is 518 g/mol. The number of aryl methyl sites for hydroxylation is 1. The highest BCUT2D eigenvalue weighted by Gasteiger charge is 2.34. The number of benzene rings is 2. The number of pyridine rings is 1. The van der Waals surface area contributed by atoms with Gasteiger partial charge in [-0.15, -0.1) is 0 Å². The van der Waals surface area contributed by atoms with Gasteiger partial charge in [-0.2, -0.15) is 0 Å². The Balaban J connectivity index is 1.65. The normalized spacial score (nSPS) is 18.4. The molecule has 2 aromatic carbocycles. The first-order valence-corrected chi connectivity index (χ1v) is 12.8. The Labute approximate surface area is 223 Å². The van der Waals surface area contributed by atoms with Gasteiger partial charge in [0.1, 0.15) is 11.7 Å². The molecule has 1 aliphatic heterocycles. The Hall–Kier alpha value is -3.75. The number of carboxylic acids is 1. The minimum absolute atomic E-state index is 0.0724. The number of aromatic carboxylic acids is 1. The topological polar surface area (TPSA) is 103 Å². The van der Waals surface area contributed by atoms with Crippen molar-refractivity contribution >= 4 is 11.9 Å². The maximum Gasteiger partial charge on any atom is 0.336 e. The molecule has 8 heteroatoms. The van der Waals surface area contributed by atoms with Gasteiger partial charge in [-0.1, -0.05) is 55.0 Å². The highest BCUT2D eigenvalue weighted by Crippen LogP contribution is 2.30. The molecule has 2 N–H and O–H groups in total. The maximum absolute atomic E-state index is 13.7. The van der Waals surface area contributed by atoms with Crippen LogP contribution in [-0.2, 0) is 6.54 Å². The fourth-order valence-corrected chi connectivity index (χ4v) is 4.75. The molecule has 1 aliphatic rings. The van der Waals surface area contributed by atoms with Gasteiger partial charge in [0.25, 0.3) is 5.91 Å². The smallest absolute Gasteiger partial charge is 0.336 e. The van der Waals surface area contributed by atoms with Crippen LogP contribution < -0.4 is 4.74 Å². The van der Waals surface area contributed by atoms with Crippen LogP contribution in [0.2, 0.25) is 0 Å². The fourth-order valence-electron chi connectivity index (χ4n) is 4.75. The molecule has 0 unspecified atom stereocenters. The number of aliphatic hydroxyl groups excluding tert-OH is 1. The number of nitrogens with zero attached hydrogens (tertiary/aromatic N) is 3. The molecular formula is C30H35N3O5. The van der Waals surface area contributed by atoms with Gasteiger partial charge in [0.15, 0.2) is 0 Å². The van der Waals surface area contributed by atoms with Gasteiger partial charge >= 0.3 is 5.97 Å². The molecular weight excluding hydrogens is 482 g/mol. The van der Waals surface area contributed by atoms with E-state index in [-0.39, 0.29) is 42.0 Å². The van der Waals surface area contributed by atoms with Crippen molar-refractivity contribution < 1.29 is 24.5 Å². The second-order valence-electron chi connectivity index (χ2n) is 10.2. The summed E-state index contributed by atoms with van der Waals surface area (Å²) in [4.78, 5) is 33.6. The van der Waals surface area contributed by atoms with Gasteiger partial charge < -0.3 is 19.8 Å². The summed E-state index contributed by atoms with van der Waals surface area (Å²) in [5, 5.41) is 19.5. The van der Waals surface area contributed by atoms with E-state index in [9.17, 15) is 19.8 Å². The zero-order valence-electron chi connectivity index (χ0n) is 22.3. The third-order valence-corrected chi connectivity index (χ3v) is 7.09. The molecule has 1 aromatic heterocycles. The highest BCUT2D eigenvalue weighted by atomic mass is 16.5. The van der Waals surface area contributed by atoms with Gasteiger partial charge in [0.2, 0.25) is 5.88 Å². The molecule has 0 saturated heterocycles. The number of likely N-dealkylation sites (N-methyl/N-ethyl adjacent to an activating group) is 1. The maximum atomic E-state index is 13.7. The van der Waals surface area contributed by atoms with Gasteiger partial charge in [-0.25, -0.2) is 9.78 Å². The first kappa shape index (κ1) is 27.3. The van der Waals surface area contributed by atoms with Crippen LogP contribution in [0.4, 0.5) is 0 Å². The summed E-state index contributed by atoms with van der Waals surface area (Å²) in [6.45, 7) is 7.03. The van der Waals surface area contributed by atoms with Gasteiger partial charge in [0, 0.05) is 37.3 Å². The summed E-state index contributed by atoms with van der Waals surface area (Å²) in [5.41, 5.74) is 4.25. The molecule has 3 atom stereocenters. The van der Waals surface area contributed by atoms with Crippen molar-refractivity contribution in [1.82, 2.24) is 14.8 Å². The largest absolute Gasteiger partial charge is 0.478 e. The van der Waals surface area contributed by atoms with Crippen molar-refractivity contribution in [2.24, 2.45) is 5.92 Å². The van der Waals surface area contributed by atoms with E-state index in [2.05, 4.69) is 4.98 Å². The second kappa shape index (κ2) is 11.8. The molecule has 2 heterocycles. The zero-order chi connectivity index (χ0) is 27.4. The molecule has 0 saturated carbocycles. The predicted octanol–water partition coefficient (Wildman–Crippen LogP) is 4.11. The molecule has 0 spiro atoms. The lowest BCUT2D eigenvalue weighted by atomic mass is 9.98. The third-order valence-electron chi connectivity index (χ3n) is 7.09. The third kappa shape index (κ3) is 6.03. The zero-order valence-corrected chi connectivity index (χ0v) is 22.3. The Kier molecular flexibility index (Phi) is 8.44. The van der Waals surface area contributed by atoms with E-state index < -0.39 is 5.97 Å². The number of rotatable bonds is 8. The van der Waals surface area contributed by atoms with Gasteiger partial charge in [-0.05, 0) is 44.2 Å². The monoisotopic (exact) mass is 517 g/mol. The summed E-state index contributed by atoms with van der Waals surface area (Å²) >= 11 is 0. The predicted molar refractivity (Wildman–Crippen MR) is 145 cm³/mol. The number of amides is 1. The number of fused-ring (bicyclic) bond motifs is 1. The number of aliphatic hydroxyl groups is 1. The number of carbonyl (C=O) groups is 2. The Morgan fingerprint density at radius 2 is 1.89 bits per heavy atom. The summed E-state index contributed by atoms with van der Waals surface area (Å²) < 4.78 is 6.40. The fraction of sp³-hybridized carbons (Fsp3) is 0.367. The summed E-state index contributed by atoms with van der Waals surface area (Å²) in [6, 6.07) is 16.4. The lowest BCUT2D eigenvalue weighted by Gasteiger charge is -2.37. The number of hydrogen-bond donors (Lipinski definition) is 2. The Bertz CT molecular complexity index is 1290.